The van der Waals surface area contributed by atoms with Crippen molar-refractivity contribution < 1.29 is 19.1 Å². The van der Waals surface area contributed by atoms with Gasteiger partial charge in [0.1, 0.15) is 6.04 Å². The third-order valence-electron chi connectivity index (χ3n) is 6.96. The Balaban J connectivity index is 1.82. The molecule has 0 radical (unpaired) electrons. The van der Waals surface area contributed by atoms with Gasteiger partial charge >= 0.3 is 5.97 Å². The quantitative estimate of drug-likeness (QED) is 0.214. The molecule has 2 N–H and O–H groups in total. The van der Waals surface area contributed by atoms with Gasteiger partial charge in [-0.1, -0.05) is 85.3 Å². The second kappa shape index (κ2) is 18.7. The number of hydrogen-bond acceptors (Lipinski definition) is 7. The highest BCUT2D eigenvalue weighted by atomic mass is 32.2. The van der Waals surface area contributed by atoms with Crippen LogP contribution in [0.3, 0.4) is 0 Å². The van der Waals surface area contributed by atoms with Crippen LogP contribution in [0.25, 0.3) is 5.57 Å². The van der Waals surface area contributed by atoms with Crippen LogP contribution in [-0.4, -0.2) is 67.7 Å². The first-order chi connectivity index (χ1) is 20.5. The molecule has 1 amide bonds. The van der Waals surface area contributed by atoms with E-state index < -0.39 is 12.0 Å². The van der Waals surface area contributed by atoms with Gasteiger partial charge in [-0.15, -0.1) is 0 Å². The Kier molecular flexibility index (Phi) is 15.0. The molecule has 0 saturated carbocycles. The van der Waals surface area contributed by atoms with Gasteiger partial charge < -0.3 is 20.1 Å². The number of esters is 1. The lowest BCUT2D eigenvalue weighted by Gasteiger charge is -2.20. The summed E-state index contributed by atoms with van der Waals surface area (Å²) in [5, 5.41) is 6.66. The van der Waals surface area contributed by atoms with Gasteiger partial charge in [0.2, 0.25) is 0 Å². The molecular formula is C34H44N2O4S2. The van der Waals surface area contributed by atoms with Gasteiger partial charge in [-0.05, 0) is 59.8 Å². The largest absolute Gasteiger partial charge is 0.467 e. The summed E-state index contributed by atoms with van der Waals surface area (Å²) in [5.41, 5.74) is 5.81. The number of amides is 1. The highest BCUT2D eigenvalue weighted by Gasteiger charge is 2.25. The molecule has 0 heterocycles. The van der Waals surface area contributed by atoms with Crippen molar-refractivity contribution in [3.05, 3.63) is 101 Å². The van der Waals surface area contributed by atoms with Crippen molar-refractivity contribution in [2.45, 2.75) is 45.4 Å². The molecule has 6 nitrogen and oxygen atoms in total. The van der Waals surface area contributed by atoms with Crippen LogP contribution in [0, 0.1) is 6.92 Å². The van der Waals surface area contributed by atoms with E-state index >= 15 is 0 Å². The lowest BCUT2D eigenvalue weighted by Crippen LogP contribution is -2.42. The molecule has 0 bridgehead atoms. The molecule has 42 heavy (non-hydrogen) atoms. The third kappa shape index (κ3) is 10.8. The molecule has 2 aromatic rings. The maximum Gasteiger partial charge on any atom is 0.328 e. The fraction of sp³-hybridized carbons (Fsp3) is 0.412. The number of methoxy groups -OCH3 is 1. The van der Waals surface area contributed by atoms with Crippen molar-refractivity contribution in [2.24, 2.45) is 0 Å². The van der Waals surface area contributed by atoms with Gasteiger partial charge in [0, 0.05) is 23.9 Å². The first-order valence-corrected chi connectivity index (χ1v) is 17.0. The van der Waals surface area contributed by atoms with Crippen LogP contribution in [0.5, 0.6) is 0 Å². The Morgan fingerprint density at radius 1 is 1.07 bits per heavy atom. The summed E-state index contributed by atoms with van der Waals surface area (Å²) in [4.78, 5) is 26.1. The summed E-state index contributed by atoms with van der Waals surface area (Å²) in [7, 11) is 1.35. The fourth-order valence-corrected chi connectivity index (χ4v) is 5.84. The Hall–Kier alpha value is -2.78. The monoisotopic (exact) mass is 608 g/mol. The van der Waals surface area contributed by atoms with Crippen molar-refractivity contribution in [2.75, 3.05) is 43.8 Å². The lowest BCUT2D eigenvalue weighted by molar-refractivity contribution is -0.144. The van der Waals surface area contributed by atoms with E-state index in [4.69, 9.17) is 9.47 Å². The number of rotatable bonds is 17. The molecular weight excluding hydrogens is 565 g/mol. The fourth-order valence-electron chi connectivity index (χ4n) is 4.64. The summed E-state index contributed by atoms with van der Waals surface area (Å²) < 4.78 is 11.1. The van der Waals surface area contributed by atoms with E-state index in [0.29, 0.717) is 38.2 Å². The van der Waals surface area contributed by atoms with Crippen LogP contribution >= 0.6 is 23.5 Å². The predicted octanol–water partition coefficient (Wildman–Crippen LogP) is 5.97. The van der Waals surface area contributed by atoms with Crippen LogP contribution in [0.15, 0.2) is 84.0 Å². The number of hydrogen-bond donors (Lipinski definition) is 2. The van der Waals surface area contributed by atoms with E-state index in [1.165, 1.54) is 12.7 Å². The van der Waals surface area contributed by atoms with Gasteiger partial charge in [-0.3, -0.25) is 4.79 Å². The summed E-state index contributed by atoms with van der Waals surface area (Å²) in [5.74, 6) is 2.02. The van der Waals surface area contributed by atoms with Crippen LogP contribution in [0.2, 0.25) is 0 Å². The van der Waals surface area contributed by atoms with Crippen LogP contribution in [0.1, 0.15) is 36.5 Å². The molecule has 2 aromatic carbocycles. The first kappa shape index (κ1) is 33.7. The summed E-state index contributed by atoms with van der Waals surface area (Å²) >= 11 is 3.52. The normalized spacial score (nSPS) is 14.6. The van der Waals surface area contributed by atoms with E-state index in [1.807, 2.05) is 66.6 Å². The van der Waals surface area contributed by atoms with Gasteiger partial charge in [-0.25, -0.2) is 4.79 Å². The van der Waals surface area contributed by atoms with E-state index in [0.717, 1.165) is 39.5 Å². The van der Waals surface area contributed by atoms with Gasteiger partial charge in [0.25, 0.3) is 5.91 Å². The minimum atomic E-state index is -0.699. The number of allylic oxidation sites excluding steroid dienone is 3. The second-order valence-electron chi connectivity index (χ2n) is 10.1. The second-order valence-corrected chi connectivity index (χ2v) is 12.4. The summed E-state index contributed by atoms with van der Waals surface area (Å²) in [6.45, 7) is 6.10. The molecule has 1 unspecified atom stereocenters. The van der Waals surface area contributed by atoms with Crippen LogP contribution < -0.4 is 10.6 Å². The van der Waals surface area contributed by atoms with E-state index in [2.05, 4.69) is 48.8 Å². The number of nitrogens with one attached hydrogen (secondary N) is 2. The summed E-state index contributed by atoms with van der Waals surface area (Å²) in [6.07, 6.45) is 9.25. The predicted molar refractivity (Wildman–Crippen MR) is 178 cm³/mol. The zero-order chi connectivity index (χ0) is 30.2. The van der Waals surface area contributed by atoms with E-state index in [-0.39, 0.29) is 11.9 Å². The molecule has 226 valence electrons. The maximum atomic E-state index is 13.7. The number of benzene rings is 2. The van der Waals surface area contributed by atoms with Crippen molar-refractivity contribution in [3.63, 3.8) is 0 Å². The number of carbonyl (C=O) groups is 2. The number of aryl methyl sites for hydroxylation is 1. The average Bonchev–Trinajstić information content (AvgIpc) is 3.23. The Morgan fingerprint density at radius 3 is 2.55 bits per heavy atom. The van der Waals surface area contributed by atoms with Gasteiger partial charge in [0.05, 0.1) is 20.3 Å². The molecule has 0 aromatic heterocycles. The standard InChI is InChI=1S/C34H44N2O4S2/c1-5-42-24-28(23-40-22-26-13-7-6-8-14-26)35-21-27-15-11-17-30(31(20-27)29-16-10-9-12-25(29)2)33(37)36-32(18-19-41-4)34(38)39-3/h6-14,16-17,20,28,32,35H,5,15,18-19,21-24H2,1-4H3,(H,36,37)/t28-,32?/m0/s1. The van der Waals surface area contributed by atoms with Gasteiger partial charge in [-0.2, -0.15) is 23.5 Å². The molecule has 3 rings (SSSR count). The maximum absolute atomic E-state index is 13.7. The number of ether oxygens (including phenoxy) is 2. The zero-order valence-corrected chi connectivity index (χ0v) is 26.8. The summed E-state index contributed by atoms with van der Waals surface area (Å²) in [6, 6.07) is 17.8. The Labute approximate surface area is 259 Å². The molecule has 0 fully saturated rings. The molecule has 2 atom stereocenters. The zero-order valence-electron chi connectivity index (χ0n) is 25.2. The van der Waals surface area contributed by atoms with Gasteiger partial charge in [0.15, 0.2) is 0 Å². The van der Waals surface area contributed by atoms with Crippen LogP contribution in [0.4, 0.5) is 0 Å². The number of thioether (sulfide) groups is 2. The molecule has 0 aliphatic heterocycles. The molecule has 1 aliphatic rings. The molecule has 0 saturated heterocycles. The smallest absolute Gasteiger partial charge is 0.328 e. The van der Waals surface area contributed by atoms with E-state index in [9.17, 15) is 9.59 Å². The Morgan fingerprint density at radius 2 is 1.83 bits per heavy atom. The third-order valence-corrected chi connectivity index (χ3v) is 8.65. The minimum Gasteiger partial charge on any atom is -0.467 e. The number of carbonyl (C=O) groups excluding carboxylic acids is 2. The molecule has 0 spiro atoms. The van der Waals surface area contributed by atoms with Crippen molar-refractivity contribution in [3.8, 4) is 0 Å². The van der Waals surface area contributed by atoms with Crippen molar-refractivity contribution in [1.29, 1.82) is 0 Å². The van der Waals surface area contributed by atoms with Crippen molar-refractivity contribution in [1.82, 2.24) is 10.6 Å². The van der Waals surface area contributed by atoms with Crippen LogP contribution in [-0.2, 0) is 25.7 Å². The molecule has 8 heteroatoms. The highest BCUT2D eigenvalue weighted by molar-refractivity contribution is 7.99. The lowest BCUT2D eigenvalue weighted by atomic mass is 9.94. The topological polar surface area (TPSA) is 76.7 Å². The van der Waals surface area contributed by atoms with Crippen molar-refractivity contribution >= 4 is 41.0 Å². The van der Waals surface area contributed by atoms with E-state index in [1.54, 1.807) is 11.8 Å². The Bertz CT molecular complexity index is 1240. The average molecular weight is 609 g/mol. The SMILES string of the molecule is CCSC[C@H](COCc1ccccc1)NCC1=CC(c2ccccc2C)=C(C(=O)NC(CCSC)C(=O)OC)C=CC1. The highest BCUT2D eigenvalue weighted by Crippen LogP contribution is 2.29. The minimum absolute atomic E-state index is 0.192. The first-order valence-electron chi connectivity index (χ1n) is 14.4. The molecule has 1 aliphatic carbocycles.